The third kappa shape index (κ3) is 4.86. The predicted octanol–water partition coefficient (Wildman–Crippen LogP) is 4.08. The molecule has 140 valence electrons. The van der Waals surface area contributed by atoms with E-state index in [2.05, 4.69) is 0 Å². The predicted molar refractivity (Wildman–Crippen MR) is 97.8 cm³/mol. The average molecular weight is 391 g/mol. The molecule has 0 bridgehead atoms. The number of rotatable bonds is 5. The highest BCUT2D eigenvalue weighted by atomic mass is 35.5. The fourth-order valence-corrected chi connectivity index (χ4v) is 2.65. The number of carbonyl (C=O) groups is 2. The molecule has 7 heteroatoms. The Morgan fingerprint density at radius 2 is 1.93 bits per heavy atom. The van der Waals surface area contributed by atoms with Crippen molar-refractivity contribution in [1.29, 1.82) is 0 Å². The van der Waals surface area contributed by atoms with Crippen LogP contribution in [0, 0.1) is 5.82 Å². The zero-order chi connectivity index (χ0) is 19.2. The number of fused-ring (bicyclic) bond motifs is 1. The van der Waals surface area contributed by atoms with Gasteiger partial charge in [-0.2, -0.15) is 0 Å². The molecule has 5 nitrogen and oxygen atoms in total. The largest absolute Gasteiger partial charge is 0.490 e. The van der Waals surface area contributed by atoms with Crippen molar-refractivity contribution in [2.45, 2.75) is 6.42 Å². The summed E-state index contributed by atoms with van der Waals surface area (Å²) in [7, 11) is 0. The van der Waals surface area contributed by atoms with Gasteiger partial charge in [-0.05, 0) is 36.4 Å². The van der Waals surface area contributed by atoms with E-state index in [1.807, 2.05) is 0 Å². The van der Waals surface area contributed by atoms with Crippen molar-refractivity contribution in [3.8, 4) is 11.5 Å². The van der Waals surface area contributed by atoms with Crippen LogP contribution in [-0.4, -0.2) is 31.6 Å². The Bertz CT molecular complexity index is 874. The number of ether oxygens (including phenoxy) is 3. The van der Waals surface area contributed by atoms with Gasteiger partial charge in [-0.1, -0.05) is 17.7 Å². The maximum absolute atomic E-state index is 13.6. The standard InChI is InChI=1S/C20H16ClFO5/c21-15-3-1-4-16(22)14(15)6-8-20(24)27-12-17(23)13-5-7-18-19(11-13)26-10-2-9-25-18/h1,3-8,11H,2,9-10,12H2/b8-6+. The second-order valence-corrected chi connectivity index (χ2v) is 6.12. The summed E-state index contributed by atoms with van der Waals surface area (Å²) in [4.78, 5) is 24.0. The van der Waals surface area contributed by atoms with Crippen LogP contribution in [0.2, 0.25) is 5.02 Å². The van der Waals surface area contributed by atoms with Crippen LogP contribution in [-0.2, 0) is 9.53 Å². The quantitative estimate of drug-likeness (QED) is 0.437. The fourth-order valence-electron chi connectivity index (χ4n) is 2.43. The Balaban J connectivity index is 1.59. The smallest absolute Gasteiger partial charge is 0.331 e. The van der Waals surface area contributed by atoms with Crippen molar-refractivity contribution < 1.29 is 28.2 Å². The number of esters is 1. The van der Waals surface area contributed by atoms with Gasteiger partial charge < -0.3 is 14.2 Å². The van der Waals surface area contributed by atoms with Crippen LogP contribution in [0.5, 0.6) is 11.5 Å². The van der Waals surface area contributed by atoms with Crippen LogP contribution in [0.1, 0.15) is 22.3 Å². The van der Waals surface area contributed by atoms with Gasteiger partial charge in [-0.3, -0.25) is 4.79 Å². The Morgan fingerprint density at radius 3 is 2.70 bits per heavy atom. The highest BCUT2D eigenvalue weighted by molar-refractivity contribution is 6.32. The summed E-state index contributed by atoms with van der Waals surface area (Å²) in [6.07, 6.45) is 2.98. The van der Waals surface area contributed by atoms with Crippen LogP contribution in [0.15, 0.2) is 42.5 Å². The molecule has 27 heavy (non-hydrogen) atoms. The molecule has 1 aliphatic heterocycles. The number of ketones is 1. The molecule has 0 aromatic heterocycles. The van der Waals surface area contributed by atoms with Crippen LogP contribution in [0.25, 0.3) is 6.08 Å². The third-order valence-corrected chi connectivity index (χ3v) is 4.13. The maximum atomic E-state index is 13.6. The SMILES string of the molecule is O=C(/C=C/c1c(F)cccc1Cl)OCC(=O)c1ccc2c(c1)OCCCO2. The van der Waals surface area contributed by atoms with E-state index < -0.39 is 24.2 Å². The summed E-state index contributed by atoms with van der Waals surface area (Å²) in [5.41, 5.74) is 0.415. The average Bonchev–Trinajstić information content (AvgIpc) is 2.90. The van der Waals surface area contributed by atoms with E-state index in [0.29, 0.717) is 30.3 Å². The number of Topliss-reactive ketones (excluding diaryl/α,β-unsaturated/α-hetero) is 1. The van der Waals surface area contributed by atoms with Crippen LogP contribution in [0.4, 0.5) is 4.39 Å². The minimum Gasteiger partial charge on any atom is -0.490 e. The lowest BCUT2D eigenvalue weighted by Crippen LogP contribution is -2.12. The molecule has 0 saturated carbocycles. The Hall–Kier alpha value is -2.86. The molecule has 0 radical (unpaired) electrons. The molecule has 0 N–H and O–H groups in total. The molecule has 2 aromatic rings. The van der Waals surface area contributed by atoms with Gasteiger partial charge in [0.05, 0.1) is 18.2 Å². The fraction of sp³-hybridized carbons (Fsp3) is 0.200. The summed E-state index contributed by atoms with van der Waals surface area (Å²) >= 11 is 5.87. The van der Waals surface area contributed by atoms with Gasteiger partial charge in [-0.25, -0.2) is 9.18 Å². The van der Waals surface area contributed by atoms with Crippen molar-refractivity contribution in [2.24, 2.45) is 0 Å². The van der Waals surface area contributed by atoms with E-state index in [9.17, 15) is 14.0 Å². The van der Waals surface area contributed by atoms with E-state index in [-0.39, 0.29) is 10.6 Å². The lowest BCUT2D eigenvalue weighted by Gasteiger charge is -2.09. The van der Waals surface area contributed by atoms with E-state index in [1.54, 1.807) is 18.2 Å². The molecule has 2 aromatic carbocycles. The van der Waals surface area contributed by atoms with Crippen LogP contribution in [0.3, 0.4) is 0 Å². The first-order valence-electron chi connectivity index (χ1n) is 8.26. The first kappa shape index (κ1) is 18.9. The number of benzene rings is 2. The van der Waals surface area contributed by atoms with Crippen LogP contribution < -0.4 is 9.47 Å². The minimum atomic E-state index is -0.781. The lowest BCUT2D eigenvalue weighted by molar-refractivity contribution is -0.136. The van der Waals surface area contributed by atoms with E-state index in [0.717, 1.165) is 12.5 Å². The molecule has 0 amide bonds. The minimum absolute atomic E-state index is 0.0744. The van der Waals surface area contributed by atoms with Crippen molar-refractivity contribution in [1.82, 2.24) is 0 Å². The van der Waals surface area contributed by atoms with E-state index in [4.69, 9.17) is 25.8 Å². The Morgan fingerprint density at radius 1 is 1.15 bits per heavy atom. The second kappa shape index (κ2) is 8.68. The molecule has 0 atom stereocenters. The molecule has 0 spiro atoms. The van der Waals surface area contributed by atoms with Crippen molar-refractivity contribution >= 4 is 29.4 Å². The first-order valence-corrected chi connectivity index (χ1v) is 8.64. The molecule has 0 aliphatic carbocycles. The normalized spacial score (nSPS) is 13.3. The zero-order valence-corrected chi connectivity index (χ0v) is 15.0. The van der Waals surface area contributed by atoms with Gasteiger partial charge in [0.2, 0.25) is 0 Å². The summed E-state index contributed by atoms with van der Waals surface area (Å²) in [6, 6.07) is 8.98. The molecule has 0 saturated heterocycles. The summed E-state index contributed by atoms with van der Waals surface area (Å²) < 4.78 is 29.6. The van der Waals surface area contributed by atoms with Crippen molar-refractivity contribution in [2.75, 3.05) is 19.8 Å². The van der Waals surface area contributed by atoms with Crippen molar-refractivity contribution in [3.05, 3.63) is 64.4 Å². The molecular weight excluding hydrogens is 375 g/mol. The van der Waals surface area contributed by atoms with Gasteiger partial charge >= 0.3 is 5.97 Å². The Labute approximate surface area is 160 Å². The van der Waals surface area contributed by atoms with Crippen molar-refractivity contribution in [3.63, 3.8) is 0 Å². The Kier molecular flexibility index (Phi) is 6.08. The molecule has 1 aliphatic rings. The van der Waals surface area contributed by atoms with Gasteiger partial charge in [0.1, 0.15) is 5.82 Å². The maximum Gasteiger partial charge on any atom is 0.331 e. The topological polar surface area (TPSA) is 61.8 Å². The highest BCUT2D eigenvalue weighted by Gasteiger charge is 2.15. The van der Waals surface area contributed by atoms with Gasteiger partial charge in [0.15, 0.2) is 23.9 Å². The number of hydrogen-bond acceptors (Lipinski definition) is 5. The molecule has 3 rings (SSSR count). The van der Waals surface area contributed by atoms with Gasteiger partial charge in [-0.15, -0.1) is 0 Å². The third-order valence-electron chi connectivity index (χ3n) is 3.80. The summed E-state index contributed by atoms with van der Waals surface area (Å²) in [5.74, 6) is -0.673. The second-order valence-electron chi connectivity index (χ2n) is 5.71. The summed E-state index contributed by atoms with van der Waals surface area (Å²) in [6.45, 7) is 0.604. The van der Waals surface area contributed by atoms with Gasteiger partial charge in [0.25, 0.3) is 0 Å². The van der Waals surface area contributed by atoms with E-state index in [1.165, 1.54) is 24.3 Å². The van der Waals surface area contributed by atoms with Crippen LogP contribution >= 0.6 is 11.6 Å². The number of hydrogen-bond donors (Lipinski definition) is 0. The number of halogens is 2. The number of carbonyl (C=O) groups excluding carboxylic acids is 2. The first-order chi connectivity index (χ1) is 13.0. The zero-order valence-electron chi connectivity index (χ0n) is 14.2. The molecule has 0 unspecified atom stereocenters. The molecule has 1 heterocycles. The summed E-state index contributed by atoms with van der Waals surface area (Å²) in [5, 5.41) is 0.169. The van der Waals surface area contributed by atoms with E-state index >= 15 is 0 Å². The molecule has 0 fully saturated rings. The molecular formula is C20H16ClFO5. The highest BCUT2D eigenvalue weighted by Crippen LogP contribution is 2.30. The van der Waals surface area contributed by atoms with Gasteiger partial charge in [0, 0.05) is 23.6 Å². The lowest BCUT2D eigenvalue weighted by atomic mass is 10.1. The monoisotopic (exact) mass is 390 g/mol.